The number of nitrogens with zero attached hydrogens (tertiary/aromatic N) is 3. The third kappa shape index (κ3) is 8.12. The molecule has 1 aliphatic heterocycles. The fraction of sp³-hybridized carbons (Fsp3) is 0.452. The molecule has 0 bridgehead atoms. The van der Waals surface area contributed by atoms with Crippen LogP contribution in [0.2, 0.25) is 0 Å². The smallest absolute Gasteiger partial charge is 0.379 e. The molecule has 0 spiro atoms. The average Bonchev–Trinajstić information content (AvgIpc) is 2.98. The van der Waals surface area contributed by atoms with Gasteiger partial charge in [0.05, 0.1) is 19.8 Å². The lowest BCUT2D eigenvalue weighted by Crippen LogP contribution is -2.54. The molecule has 12 heteroatoms. The van der Waals surface area contributed by atoms with Crippen LogP contribution in [0, 0.1) is 0 Å². The van der Waals surface area contributed by atoms with Crippen LogP contribution in [0.1, 0.15) is 23.6 Å². The summed E-state index contributed by atoms with van der Waals surface area (Å²) in [6.45, 7) is 8.06. The van der Waals surface area contributed by atoms with E-state index in [-0.39, 0.29) is 6.04 Å². The third-order valence-corrected chi connectivity index (χ3v) is 7.53. The molecule has 1 aliphatic rings. The Balaban J connectivity index is 1.43. The number of halogens is 6. The van der Waals surface area contributed by atoms with Gasteiger partial charge >= 0.3 is 12.4 Å². The molecule has 0 amide bonds. The molecular weight excluding hydrogens is 576 g/mol. The zero-order valence-corrected chi connectivity index (χ0v) is 23.7. The highest BCUT2D eigenvalue weighted by molar-refractivity contribution is 5.64. The molecule has 3 aromatic rings. The summed E-state index contributed by atoms with van der Waals surface area (Å²) in [5.74, 6) is 0. The highest BCUT2D eigenvalue weighted by Crippen LogP contribution is 2.50. The summed E-state index contributed by atoms with van der Waals surface area (Å²) in [6.07, 6.45) is -8.29. The van der Waals surface area contributed by atoms with Crippen molar-refractivity contribution in [3.8, 4) is 11.1 Å². The first kappa shape index (κ1) is 32.9. The van der Waals surface area contributed by atoms with Crippen LogP contribution in [0.5, 0.6) is 0 Å². The van der Waals surface area contributed by atoms with Crippen molar-refractivity contribution in [3.05, 3.63) is 89.7 Å². The van der Waals surface area contributed by atoms with Gasteiger partial charge in [0.1, 0.15) is 0 Å². The van der Waals surface area contributed by atoms with Crippen LogP contribution in [0.3, 0.4) is 0 Å². The number of alkyl halides is 6. The van der Waals surface area contributed by atoms with Gasteiger partial charge in [-0.05, 0) is 41.3 Å². The van der Waals surface area contributed by atoms with Crippen molar-refractivity contribution in [1.82, 2.24) is 14.8 Å². The molecular formula is C31H35F6N3O3. The summed E-state index contributed by atoms with van der Waals surface area (Å²) >= 11 is 0. The molecule has 1 aromatic heterocycles. The Labute approximate surface area is 246 Å². The number of aromatic nitrogens is 1. The van der Waals surface area contributed by atoms with Crippen molar-refractivity contribution in [2.45, 2.75) is 44.0 Å². The minimum absolute atomic E-state index is 0.130. The van der Waals surface area contributed by atoms with Gasteiger partial charge in [0.25, 0.3) is 5.60 Å². The van der Waals surface area contributed by atoms with E-state index in [0.717, 1.165) is 43.9 Å². The monoisotopic (exact) mass is 611 g/mol. The predicted molar refractivity (Wildman–Crippen MR) is 149 cm³/mol. The lowest BCUT2D eigenvalue weighted by molar-refractivity contribution is -0.376. The van der Waals surface area contributed by atoms with Crippen LogP contribution in [0.25, 0.3) is 11.1 Å². The molecule has 2 aromatic carbocycles. The Morgan fingerprint density at radius 2 is 1.33 bits per heavy atom. The molecule has 1 fully saturated rings. The first-order valence-electron chi connectivity index (χ1n) is 14.0. The summed E-state index contributed by atoms with van der Waals surface area (Å²) in [4.78, 5) is 8.82. The van der Waals surface area contributed by atoms with Crippen LogP contribution >= 0.6 is 0 Å². The first-order valence-corrected chi connectivity index (χ1v) is 14.0. The van der Waals surface area contributed by atoms with E-state index in [9.17, 15) is 31.4 Å². The number of hydrogen-bond donors (Lipinski definition) is 1. The zero-order chi connectivity index (χ0) is 31.1. The molecule has 0 saturated carbocycles. The van der Waals surface area contributed by atoms with E-state index >= 15 is 0 Å². The van der Waals surface area contributed by atoms with E-state index in [1.807, 2.05) is 31.2 Å². The lowest BCUT2D eigenvalue weighted by Gasteiger charge is -2.41. The highest BCUT2D eigenvalue weighted by Gasteiger charge is 2.71. The Morgan fingerprint density at radius 3 is 1.91 bits per heavy atom. The summed E-state index contributed by atoms with van der Waals surface area (Å²) in [6, 6.07) is 15.1. The standard InChI is InChI=1S/C31H35F6N3O3/c1-2-42-17-18-43-22-28-21-39(19-24-11-13-38-14-12-24)15-16-40(28)20-23-3-5-25(6-4-23)26-7-9-27(10-8-26)29(41,30(32,33)34)31(35,36)37/h3-14,28,41H,2,15-22H2,1H3. The van der Waals surface area contributed by atoms with Crippen LogP contribution in [-0.4, -0.2) is 84.3 Å². The first-order chi connectivity index (χ1) is 20.4. The van der Waals surface area contributed by atoms with Crippen molar-refractivity contribution in [2.24, 2.45) is 0 Å². The second-order valence-electron chi connectivity index (χ2n) is 10.5. The number of ether oxygens (including phenoxy) is 2. The molecule has 0 aliphatic carbocycles. The summed E-state index contributed by atoms with van der Waals surface area (Å²) in [7, 11) is 0. The van der Waals surface area contributed by atoms with E-state index < -0.39 is 23.5 Å². The minimum Gasteiger partial charge on any atom is -0.379 e. The summed E-state index contributed by atoms with van der Waals surface area (Å²) in [5.41, 5.74) is -3.00. The molecule has 4 rings (SSSR count). The van der Waals surface area contributed by atoms with Crippen molar-refractivity contribution in [2.75, 3.05) is 46.1 Å². The van der Waals surface area contributed by atoms with E-state index in [4.69, 9.17) is 9.47 Å². The number of pyridine rings is 1. The maximum atomic E-state index is 13.2. The van der Waals surface area contributed by atoms with E-state index in [1.165, 1.54) is 5.56 Å². The van der Waals surface area contributed by atoms with E-state index in [0.29, 0.717) is 56.2 Å². The third-order valence-electron chi connectivity index (χ3n) is 7.53. The van der Waals surface area contributed by atoms with Gasteiger partial charge in [-0.15, -0.1) is 0 Å². The molecule has 43 heavy (non-hydrogen) atoms. The Bertz CT molecular complexity index is 1260. The minimum atomic E-state index is -5.93. The number of benzene rings is 2. The molecule has 1 atom stereocenters. The Morgan fingerprint density at radius 1 is 0.767 bits per heavy atom. The number of piperazine rings is 1. The predicted octanol–water partition coefficient (Wildman–Crippen LogP) is 5.80. The maximum Gasteiger partial charge on any atom is 0.430 e. The molecule has 1 N–H and O–H groups in total. The van der Waals surface area contributed by atoms with Gasteiger partial charge in [0.2, 0.25) is 0 Å². The van der Waals surface area contributed by atoms with Gasteiger partial charge in [-0.25, -0.2) is 0 Å². The van der Waals surface area contributed by atoms with Crippen molar-refractivity contribution in [1.29, 1.82) is 0 Å². The number of aliphatic hydroxyl groups is 1. The Kier molecular flexibility index (Phi) is 10.8. The highest BCUT2D eigenvalue weighted by atomic mass is 19.4. The molecule has 6 nitrogen and oxygen atoms in total. The molecule has 234 valence electrons. The van der Waals surface area contributed by atoms with Crippen molar-refractivity contribution < 1.29 is 40.9 Å². The van der Waals surface area contributed by atoms with E-state index in [1.54, 1.807) is 24.5 Å². The number of hydrogen-bond acceptors (Lipinski definition) is 6. The second kappa shape index (κ2) is 14.2. The van der Waals surface area contributed by atoms with Gasteiger partial charge < -0.3 is 14.6 Å². The molecule has 1 unspecified atom stereocenters. The fourth-order valence-corrected chi connectivity index (χ4v) is 5.12. The molecule has 1 saturated heterocycles. The van der Waals surface area contributed by atoms with Crippen LogP contribution in [-0.2, 0) is 28.2 Å². The average molecular weight is 612 g/mol. The quantitative estimate of drug-likeness (QED) is 0.207. The summed E-state index contributed by atoms with van der Waals surface area (Å²) in [5, 5.41) is 9.64. The normalized spacial score (nSPS) is 17.3. The van der Waals surface area contributed by atoms with Gasteiger partial charge in [-0.2, -0.15) is 26.3 Å². The maximum absolute atomic E-state index is 13.2. The second-order valence-corrected chi connectivity index (χ2v) is 10.5. The van der Waals surface area contributed by atoms with Crippen LogP contribution in [0.4, 0.5) is 26.3 Å². The number of rotatable bonds is 12. The largest absolute Gasteiger partial charge is 0.430 e. The molecule has 0 radical (unpaired) electrons. The van der Waals surface area contributed by atoms with Gasteiger partial charge in [0.15, 0.2) is 0 Å². The van der Waals surface area contributed by atoms with Crippen LogP contribution < -0.4 is 0 Å². The van der Waals surface area contributed by atoms with E-state index in [2.05, 4.69) is 14.8 Å². The van der Waals surface area contributed by atoms with Gasteiger partial charge in [0, 0.05) is 63.3 Å². The van der Waals surface area contributed by atoms with Gasteiger partial charge in [-0.1, -0.05) is 48.5 Å². The SMILES string of the molecule is CCOCCOCC1CN(Cc2ccncc2)CCN1Cc1ccc(-c2ccc(C(O)(C(F)(F)F)C(F)(F)F)cc2)cc1. The van der Waals surface area contributed by atoms with Crippen molar-refractivity contribution in [3.63, 3.8) is 0 Å². The Hall–Kier alpha value is -3.03. The fourth-order valence-electron chi connectivity index (χ4n) is 5.12. The van der Waals surface area contributed by atoms with Crippen molar-refractivity contribution >= 4 is 0 Å². The molecule has 2 heterocycles. The van der Waals surface area contributed by atoms with Crippen LogP contribution in [0.15, 0.2) is 73.1 Å². The summed E-state index contributed by atoms with van der Waals surface area (Å²) < 4.78 is 90.6. The lowest BCUT2D eigenvalue weighted by atomic mass is 9.90. The zero-order valence-electron chi connectivity index (χ0n) is 23.7. The van der Waals surface area contributed by atoms with Gasteiger partial charge in [-0.3, -0.25) is 14.8 Å². The topological polar surface area (TPSA) is 58.1 Å².